The molecule has 2 rings (SSSR count). The highest BCUT2D eigenvalue weighted by atomic mass is 127. The summed E-state index contributed by atoms with van der Waals surface area (Å²) in [6.45, 7) is 0. The van der Waals surface area contributed by atoms with Gasteiger partial charge >= 0.3 is 6.18 Å². The molecule has 2 nitrogen and oxygen atoms in total. The zero-order valence-electron chi connectivity index (χ0n) is 7.87. The SMILES string of the molecule is FC(F)(F)c1cc(I)n(-c2ccccc2)n1. The second-order valence-electron chi connectivity index (χ2n) is 3.10. The van der Waals surface area contributed by atoms with Crippen molar-refractivity contribution in [3.63, 3.8) is 0 Å². The average molecular weight is 338 g/mol. The number of nitrogens with zero attached hydrogens (tertiary/aromatic N) is 2. The van der Waals surface area contributed by atoms with E-state index in [0.717, 1.165) is 6.07 Å². The molecule has 1 heterocycles. The van der Waals surface area contributed by atoms with Crippen LogP contribution >= 0.6 is 22.6 Å². The van der Waals surface area contributed by atoms with Crippen LogP contribution < -0.4 is 0 Å². The molecule has 0 bridgehead atoms. The fourth-order valence-electron chi connectivity index (χ4n) is 1.25. The van der Waals surface area contributed by atoms with Gasteiger partial charge in [-0.25, -0.2) is 4.68 Å². The van der Waals surface area contributed by atoms with Crippen LogP contribution in [0.15, 0.2) is 36.4 Å². The van der Waals surface area contributed by atoms with Gasteiger partial charge in [0, 0.05) is 6.07 Å². The molecule has 0 aliphatic heterocycles. The van der Waals surface area contributed by atoms with Gasteiger partial charge in [0.25, 0.3) is 0 Å². The van der Waals surface area contributed by atoms with Crippen LogP contribution in [0, 0.1) is 3.70 Å². The summed E-state index contributed by atoms with van der Waals surface area (Å²) >= 11 is 1.83. The van der Waals surface area contributed by atoms with Crippen LogP contribution in [0.25, 0.3) is 5.69 Å². The molecule has 0 radical (unpaired) electrons. The largest absolute Gasteiger partial charge is 0.435 e. The van der Waals surface area contributed by atoms with Gasteiger partial charge in [-0.2, -0.15) is 18.3 Å². The van der Waals surface area contributed by atoms with Crippen molar-refractivity contribution in [1.29, 1.82) is 0 Å². The lowest BCUT2D eigenvalue weighted by Crippen LogP contribution is -2.07. The highest BCUT2D eigenvalue weighted by Gasteiger charge is 2.34. The van der Waals surface area contributed by atoms with Gasteiger partial charge in [-0.3, -0.25) is 0 Å². The fraction of sp³-hybridized carbons (Fsp3) is 0.100. The van der Waals surface area contributed by atoms with Crippen molar-refractivity contribution in [3.05, 3.63) is 45.8 Å². The van der Waals surface area contributed by atoms with Crippen LogP contribution in [0.2, 0.25) is 0 Å². The molecule has 1 aromatic heterocycles. The Morgan fingerprint density at radius 3 is 2.25 bits per heavy atom. The smallest absolute Gasteiger partial charge is 0.227 e. The van der Waals surface area contributed by atoms with Crippen LogP contribution in [0.3, 0.4) is 0 Å². The molecule has 6 heteroatoms. The Morgan fingerprint density at radius 2 is 1.75 bits per heavy atom. The topological polar surface area (TPSA) is 17.8 Å². The van der Waals surface area contributed by atoms with Crippen molar-refractivity contribution in [3.8, 4) is 5.69 Å². The molecule has 0 N–H and O–H groups in total. The normalized spacial score (nSPS) is 11.8. The van der Waals surface area contributed by atoms with Gasteiger partial charge in [-0.15, -0.1) is 0 Å². The second kappa shape index (κ2) is 4.08. The van der Waals surface area contributed by atoms with Crippen LogP contribution in [0.4, 0.5) is 13.2 Å². The Kier molecular flexibility index (Phi) is 2.92. The molecule has 84 valence electrons. The van der Waals surface area contributed by atoms with E-state index in [9.17, 15) is 13.2 Å². The van der Waals surface area contributed by atoms with Crippen molar-refractivity contribution in [2.45, 2.75) is 6.18 Å². The van der Waals surface area contributed by atoms with Crippen molar-refractivity contribution in [1.82, 2.24) is 9.78 Å². The van der Waals surface area contributed by atoms with Crippen LogP contribution in [-0.4, -0.2) is 9.78 Å². The average Bonchev–Trinajstić information content (AvgIpc) is 2.61. The quantitative estimate of drug-likeness (QED) is 0.728. The fourth-order valence-corrected chi connectivity index (χ4v) is 1.93. The molecular formula is C10H6F3IN2. The van der Waals surface area contributed by atoms with E-state index in [1.165, 1.54) is 4.68 Å². The third-order valence-corrected chi connectivity index (χ3v) is 2.73. The third-order valence-electron chi connectivity index (χ3n) is 1.96. The van der Waals surface area contributed by atoms with E-state index in [-0.39, 0.29) is 0 Å². The minimum atomic E-state index is -4.40. The number of rotatable bonds is 1. The molecule has 1 aromatic carbocycles. The van der Waals surface area contributed by atoms with Gasteiger partial charge in [0.2, 0.25) is 0 Å². The first-order valence-electron chi connectivity index (χ1n) is 4.36. The summed E-state index contributed by atoms with van der Waals surface area (Å²) in [6.07, 6.45) is -4.40. The Balaban J connectivity index is 2.48. The third kappa shape index (κ3) is 2.21. The maximum atomic E-state index is 12.4. The highest BCUT2D eigenvalue weighted by Crippen LogP contribution is 2.29. The van der Waals surface area contributed by atoms with Crippen molar-refractivity contribution >= 4 is 22.6 Å². The lowest BCUT2D eigenvalue weighted by atomic mass is 10.3. The van der Waals surface area contributed by atoms with Crippen molar-refractivity contribution in [2.24, 2.45) is 0 Å². The summed E-state index contributed by atoms with van der Waals surface area (Å²) in [7, 11) is 0. The van der Waals surface area contributed by atoms with Crippen molar-refractivity contribution < 1.29 is 13.2 Å². The van der Waals surface area contributed by atoms with E-state index < -0.39 is 11.9 Å². The zero-order valence-corrected chi connectivity index (χ0v) is 10.0. The van der Waals surface area contributed by atoms with Gasteiger partial charge in [0.05, 0.1) is 5.69 Å². The molecule has 0 aliphatic rings. The van der Waals surface area contributed by atoms with Gasteiger partial charge in [0.1, 0.15) is 3.70 Å². The van der Waals surface area contributed by atoms with E-state index >= 15 is 0 Å². The predicted octanol–water partition coefficient (Wildman–Crippen LogP) is 3.50. The van der Waals surface area contributed by atoms with Gasteiger partial charge in [-0.05, 0) is 34.7 Å². The molecule has 0 amide bonds. The van der Waals surface area contributed by atoms with Gasteiger partial charge < -0.3 is 0 Å². The lowest BCUT2D eigenvalue weighted by molar-refractivity contribution is -0.141. The second-order valence-corrected chi connectivity index (χ2v) is 4.20. The summed E-state index contributed by atoms with van der Waals surface area (Å²) in [5, 5.41) is 3.54. The first kappa shape index (κ1) is 11.4. The summed E-state index contributed by atoms with van der Waals surface area (Å²) in [5.74, 6) is 0. The number of alkyl halides is 3. The Morgan fingerprint density at radius 1 is 1.12 bits per heavy atom. The number of hydrogen-bond donors (Lipinski definition) is 0. The van der Waals surface area contributed by atoms with E-state index in [1.807, 2.05) is 22.6 Å². The Labute approximate surface area is 103 Å². The van der Waals surface area contributed by atoms with Crippen molar-refractivity contribution in [2.75, 3.05) is 0 Å². The van der Waals surface area contributed by atoms with Gasteiger partial charge in [0.15, 0.2) is 5.69 Å². The first-order chi connectivity index (χ1) is 7.48. The van der Waals surface area contributed by atoms with Crippen LogP contribution in [0.5, 0.6) is 0 Å². The zero-order chi connectivity index (χ0) is 11.8. The van der Waals surface area contributed by atoms with Crippen LogP contribution in [0.1, 0.15) is 5.69 Å². The summed E-state index contributed by atoms with van der Waals surface area (Å²) in [4.78, 5) is 0. The summed E-state index contributed by atoms with van der Waals surface area (Å²) < 4.78 is 38.9. The molecule has 0 aliphatic carbocycles. The molecule has 0 atom stereocenters. The minimum Gasteiger partial charge on any atom is -0.227 e. The summed E-state index contributed by atoms with van der Waals surface area (Å²) in [6, 6.07) is 9.73. The minimum absolute atomic E-state index is 0.427. The van der Waals surface area contributed by atoms with Crippen LogP contribution in [-0.2, 0) is 6.18 Å². The standard InChI is InChI=1S/C10H6F3IN2/c11-10(12,13)8-6-9(14)16(15-8)7-4-2-1-3-5-7/h1-6H. The molecule has 16 heavy (non-hydrogen) atoms. The Bertz CT molecular complexity index is 491. The Hall–Kier alpha value is -1.05. The molecule has 0 saturated heterocycles. The number of benzene rings is 1. The molecular weight excluding hydrogens is 332 g/mol. The molecule has 2 aromatic rings. The highest BCUT2D eigenvalue weighted by molar-refractivity contribution is 14.1. The molecule has 0 spiro atoms. The maximum absolute atomic E-state index is 12.4. The number of aromatic nitrogens is 2. The lowest BCUT2D eigenvalue weighted by Gasteiger charge is -2.03. The molecule has 0 unspecified atom stereocenters. The van der Waals surface area contributed by atoms with E-state index in [1.54, 1.807) is 30.3 Å². The van der Waals surface area contributed by atoms with E-state index in [4.69, 9.17) is 0 Å². The number of para-hydroxylation sites is 1. The molecule has 0 fully saturated rings. The maximum Gasteiger partial charge on any atom is 0.435 e. The number of hydrogen-bond acceptors (Lipinski definition) is 1. The van der Waals surface area contributed by atoms with E-state index in [2.05, 4.69) is 5.10 Å². The van der Waals surface area contributed by atoms with Gasteiger partial charge in [-0.1, -0.05) is 18.2 Å². The first-order valence-corrected chi connectivity index (χ1v) is 5.44. The summed E-state index contributed by atoms with van der Waals surface area (Å²) in [5.41, 5.74) is -0.261. The monoisotopic (exact) mass is 338 g/mol. The van der Waals surface area contributed by atoms with E-state index in [0.29, 0.717) is 9.39 Å². The predicted molar refractivity (Wildman–Crippen MR) is 61.3 cm³/mol. The molecule has 0 saturated carbocycles. The number of halogens is 4.